The molecule has 0 heterocycles. The normalized spacial score (nSPS) is 13.9. The quantitative estimate of drug-likeness (QED) is 0.801. The molecule has 2 nitrogen and oxygen atoms in total. The van der Waals surface area contributed by atoms with E-state index in [-0.39, 0.29) is 5.60 Å². The summed E-state index contributed by atoms with van der Waals surface area (Å²) in [4.78, 5) is 0. The molecule has 1 rings (SSSR count). The summed E-state index contributed by atoms with van der Waals surface area (Å²) in [7, 11) is 3.75. The third-order valence-electron chi connectivity index (χ3n) is 2.80. The maximum Gasteiger partial charge on any atom is 0.0640 e. The topological polar surface area (TPSA) is 21.3 Å². The first-order valence-corrected chi connectivity index (χ1v) is 5.36. The van der Waals surface area contributed by atoms with Crippen molar-refractivity contribution < 1.29 is 4.74 Å². The van der Waals surface area contributed by atoms with Crippen LogP contribution in [0.2, 0.25) is 0 Å². The minimum Gasteiger partial charge on any atom is -0.379 e. The summed E-state index contributed by atoms with van der Waals surface area (Å²) < 4.78 is 5.45. The van der Waals surface area contributed by atoms with Gasteiger partial charge in [0.1, 0.15) is 0 Å². The van der Waals surface area contributed by atoms with Crippen molar-refractivity contribution in [3.05, 3.63) is 35.9 Å². The van der Waals surface area contributed by atoms with E-state index < -0.39 is 0 Å². The van der Waals surface area contributed by atoms with E-state index in [0.717, 1.165) is 6.42 Å². The molecule has 1 N–H and O–H groups in total. The van der Waals surface area contributed by atoms with Crippen molar-refractivity contribution in [2.24, 2.45) is 0 Å². The minimum atomic E-state index is -0.0937. The summed E-state index contributed by atoms with van der Waals surface area (Å²) in [5.41, 5.74) is 1.22. The van der Waals surface area contributed by atoms with E-state index in [1.165, 1.54) is 5.56 Å². The molecule has 0 saturated carbocycles. The highest BCUT2D eigenvalue weighted by atomic mass is 16.5. The Kier molecular flexibility index (Phi) is 4.30. The monoisotopic (exact) mass is 207 g/mol. The smallest absolute Gasteiger partial charge is 0.0640 e. The Morgan fingerprint density at radius 1 is 1.27 bits per heavy atom. The van der Waals surface area contributed by atoms with Crippen molar-refractivity contribution in [3.8, 4) is 0 Å². The third-order valence-corrected chi connectivity index (χ3v) is 2.80. The van der Waals surface area contributed by atoms with Crippen LogP contribution in [0.4, 0.5) is 0 Å². The lowest BCUT2D eigenvalue weighted by Gasteiger charge is -2.28. The van der Waals surface area contributed by atoms with E-state index in [0.29, 0.717) is 6.04 Å². The summed E-state index contributed by atoms with van der Waals surface area (Å²) >= 11 is 0. The van der Waals surface area contributed by atoms with Crippen LogP contribution < -0.4 is 5.32 Å². The first-order chi connectivity index (χ1) is 7.09. The first-order valence-electron chi connectivity index (χ1n) is 5.36. The molecule has 0 bridgehead atoms. The van der Waals surface area contributed by atoms with Crippen LogP contribution in [-0.4, -0.2) is 19.8 Å². The van der Waals surface area contributed by atoms with Crippen LogP contribution in [0.1, 0.15) is 31.9 Å². The molecule has 0 aromatic heterocycles. The number of hydrogen-bond acceptors (Lipinski definition) is 2. The van der Waals surface area contributed by atoms with Gasteiger partial charge in [-0.1, -0.05) is 30.3 Å². The standard InChI is InChI=1S/C13H21NO/c1-13(2,15-4)10-12(14-3)11-8-6-5-7-9-11/h5-9,12,14H,10H2,1-4H3. The van der Waals surface area contributed by atoms with Crippen LogP contribution in [0.5, 0.6) is 0 Å². The predicted molar refractivity (Wildman–Crippen MR) is 63.9 cm³/mol. The van der Waals surface area contributed by atoms with E-state index >= 15 is 0 Å². The van der Waals surface area contributed by atoms with Crippen molar-refractivity contribution in [2.75, 3.05) is 14.2 Å². The summed E-state index contributed by atoms with van der Waals surface area (Å²) in [6.07, 6.45) is 0.962. The van der Waals surface area contributed by atoms with Crippen molar-refractivity contribution in [1.82, 2.24) is 5.32 Å². The zero-order valence-electron chi connectivity index (χ0n) is 10.1. The summed E-state index contributed by atoms with van der Waals surface area (Å²) in [5.74, 6) is 0. The van der Waals surface area contributed by atoms with Crippen molar-refractivity contribution in [2.45, 2.75) is 31.9 Å². The average Bonchev–Trinajstić information content (AvgIpc) is 2.27. The SMILES string of the molecule is CNC(CC(C)(C)OC)c1ccccc1. The highest BCUT2D eigenvalue weighted by molar-refractivity contribution is 5.19. The maximum absolute atomic E-state index is 5.45. The number of benzene rings is 1. The molecule has 0 radical (unpaired) electrons. The second kappa shape index (κ2) is 5.29. The Morgan fingerprint density at radius 3 is 2.33 bits per heavy atom. The van der Waals surface area contributed by atoms with Gasteiger partial charge in [-0.3, -0.25) is 0 Å². The second-order valence-corrected chi connectivity index (χ2v) is 4.42. The fraction of sp³-hybridized carbons (Fsp3) is 0.538. The van der Waals surface area contributed by atoms with Gasteiger partial charge in [0.05, 0.1) is 5.60 Å². The molecule has 0 saturated heterocycles. The number of ether oxygens (including phenoxy) is 1. The van der Waals surface area contributed by atoms with E-state index in [4.69, 9.17) is 4.74 Å². The van der Waals surface area contributed by atoms with Crippen LogP contribution in [0.25, 0.3) is 0 Å². The minimum absolute atomic E-state index is 0.0937. The molecule has 0 fully saturated rings. The summed E-state index contributed by atoms with van der Waals surface area (Å²) in [6.45, 7) is 4.22. The summed E-state index contributed by atoms with van der Waals surface area (Å²) in [5, 5.41) is 3.33. The highest BCUT2D eigenvalue weighted by Gasteiger charge is 2.22. The molecule has 0 aliphatic heterocycles. The Labute approximate surface area is 92.6 Å². The van der Waals surface area contributed by atoms with Gasteiger partial charge in [-0.2, -0.15) is 0 Å². The maximum atomic E-state index is 5.45. The third kappa shape index (κ3) is 3.65. The molecule has 0 aliphatic carbocycles. The number of methoxy groups -OCH3 is 1. The van der Waals surface area contributed by atoms with E-state index in [2.05, 4.69) is 43.4 Å². The number of nitrogens with one attached hydrogen (secondary N) is 1. The van der Waals surface area contributed by atoms with Crippen molar-refractivity contribution in [1.29, 1.82) is 0 Å². The fourth-order valence-corrected chi connectivity index (χ4v) is 1.65. The van der Waals surface area contributed by atoms with E-state index in [1.807, 2.05) is 13.1 Å². The largest absolute Gasteiger partial charge is 0.379 e. The van der Waals surface area contributed by atoms with Gasteiger partial charge in [0.25, 0.3) is 0 Å². The Morgan fingerprint density at radius 2 is 1.87 bits per heavy atom. The Bertz CT molecular complexity index is 282. The second-order valence-electron chi connectivity index (χ2n) is 4.42. The lowest BCUT2D eigenvalue weighted by molar-refractivity contribution is 0.00744. The zero-order chi connectivity index (χ0) is 11.3. The molecule has 0 spiro atoms. The molecule has 1 atom stereocenters. The molecule has 15 heavy (non-hydrogen) atoms. The summed E-state index contributed by atoms with van der Waals surface area (Å²) in [6, 6.07) is 10.8. The van der Waals surface area contributed by atoms with Gasteiger partial charge in [-0.25, -0.2) is 0 Å². The van der Waals surface area contributed by atoms with Gasteiger partial charge in [-0.15, -0.1) is 0 Å². The van der Waals surface area contributed by atoms with Gasteiger partial charge in [0.2, 0.25) is 0 Å². The Hall–Kier alpha value is -0.860. The van der Waals surface area contributed by atoms with Crippen LogP contribution in [0.15, 0.2) is 30.3 Å². The van der Waals surface area contributed by atoms with Crippen molar-refractivity contribution >= 4 is 0 Å². The molecule has 0 amide bonds. The van der Waals surface area contributed by atoms with Gasteiger partial charge >= 0.3 is 0 Å². The molecule has 1 aromatic rings. The van der Waals surface area contributed by atoms with Gasteiger partial charge < -0.3 is 10.1 Å². The fourth-order valence-electron chi connectivity index (χ4n) is 1.65. The molecule has 2 heteroatoms. The van der Waals surface area contributed by atoms with Gasteiger partial charge in [0, 0.05) is 13.2 Å². The molecule has 1 aromatic carbocycles. The number of rotatable bonds is 5. The predicted octanol–water partition coefficient (Wildman–Crippen LogP) is 2.76. The molecule has 0 aliphatic rings. The molecule has 1 unspecified atom stereocenters. The lowest BCUT2D eigenvalue weighted by atomic mass is 9.94. The average molecular weight is 207 g/mol. The molecular formula is C13H21NO. The van der Waals surface area contributed by atoms with Crippen molar-refractivity contribution in [3.63, 3.8) is 0 Å². The highest BCUT2D eigenvalue weighted by Crippen LogP contribution is 2.25. The van der Waals surface area contributed by atoms with E-state index in [9.17, 15) is 0 Å². The lowest BCUT2D eigenvalue weighted by Crippen LogP contribution is -2.30. The van der Waals surface area contributed by atoms with Crippen LogP contribution in [-0.2, 0) is 4.74 Å². The van der Waals surface area contributed by atoms with Gasteiger partial charge in [-0.05, 0) is 32.9 Å². The zero-order valence-corrected chi connectivity index (χ0v) is 10.1. The van der Waals surface area contributed by atoms with E-state index in [1.54, 1.807) is 7.11 Å². The molecular weight excluding hydrogens is 186 g/mol. The van der Waals surface area contributed by atoms with Gasteiger partial charge in [0.15, 0.2) is 0 Å². The Balaban J connectivity index is 2.73. The van der Waals surface area contributed by atoms with Crippen LogP contribution in [0.3, 0.4) is 0 Å². The first kappa shape index (κ1) is 12.2. The van der Waals surface area contributed by atoms with Crippen LogP contribution >= 0.6 is 0 Å². The van der Waals surface area contributed by atoms with Crippen LogP contribution in [0, 0.1) is 0 Å². The molecule has 84 valence electrons. The number of hydrogen-bond donors (Lipinski definition) is 1.